The van der Waals surface area contributed by atoms with Crippen molar-refractivity contribution in [1.82, 2.24) is 4.90 Å². The van der Waals surface area contributed by atoms with Crippen molar-refractivity contribution in [1.29, 1.82) is 0 Å². The number of rotatable bonds is 2. The molecule has 29 heavy (non-hydrogen) atoms. The largest absolute Gasteiger partial charge is 0.422 e. The fourth-order valence-corrected chi connectivity index (χ4v) is 3.69. The van der Waals surface area contributed by atoms with Gasteiger partial charge in [0.2, 0.25) is 5.91 Å². The molecule has 0 N–H and O–H groups in total. The quantitative estimate of drug-likeness (QED) is 0.579. The molecule has 3 rings (SSSR count). The lowest BCUT2D eigenvalue weighted by molar-refractivity contribution is -0.150. The van der Waals surface area contributed by atoms with Crippen LogP contribution >= 0.6 is 0 Å². The Morgan fingerprint density at radius 1 is 0.966 bits per heavy atom. The van der Waals surface area contributed by atoms with Crippen LogP contribution in [0, 0.1) is 17.8 Å². The molecule has 1 fully saturated rings. The number of piperidine rings is 1. The topological polar surface area (TPSA) is 46.6 Å². The van der Waals surface area contributed by atoms with Gasteiger partial charge in [-0.3, -0.25) is 4.79 Å². The van der Waals surface area contributed by atoms with Gasteiger partial charge in [0.15, 0.2) is 0 Å². The average Bonchev–Trinajstić information content (AvgIpc) is 2.68. The summed E-state index contributed by atoms with van der Waals surface area (Å²) in [6.45, 7) is 14.4. The second-order valence-electron chi connectivity index (χ2n) is 8.54. The Balaban J connectivity index is 0.00000145. The first kappa shape index (κ1) is 22.7. The third-order valence-corrected chi connectivity index (χ3v) is 6.09. The van der Waals surface area contributed by atoms with Gasteiger partial charge in [0, 0.05) is 6.42 Å². The summed E-state index contributed by atoms with van der Waals surface area (Å²) in [6.07, 6.45) is -0.326. The summed E-state index contributed by atoms with van der Waals surface area (Å²) in [5.74, 6) is 0.234. The van der Waals surface area contributed by atoms with E-state index < -0.39 is 12.1 Å². The van der Waals surface area contributed by atoms with Gasteiger partial charge in [-0.2, -0.15) is 0 Å². The van der Waals surface area contributed by atoms with Crippen LogP contribution < -0.4 is 4.74 Å². The van der Waals surface area contributed by atoms with Crippen LogP contribution in [-0.4, -0.2) is 16.9 Å². The van der Waals surface area contributed by atoms with E-state index in [1.54, 1.807) is 12.1 Å². The van der Waals surface area contributed by atoms with Crippen molar-refractivity contribution in [3.05, 3.63) is 65.7 Å². The third kappa shape index (κ3) is 4.52. The number of hydrogen-bond donors (Lipinski definition) is 0. The molecule has 1 heterocycles. The minimum Gasteiger partial charge on any atom is -0.410 e. The molecule has 1 saturated heterocycles. The second-order valence-corrected chi connectivity index (χ2v) is 8.54. The first-order chi connectivity index (χ1) is 13.6. The molecule has 1 atom stereocenters. The fraction of sp³-hybridized carbons (Fsp3) is 0.440. The van der Waals surface area contributed by atoms with Crippen molar-refractivity contribution in [2.75, 3.05) is 0 Å². The summed E-state index contributed by atoms with van der Waals surface area (Å²) in [7, 11) is 0. The van der Waals surface area contributed by atoms with Crippen LogP contribution in [-0.2, 0) is 4.79 Å². The molecule has 0 saturated carbocycles. The molecule has 0 bridgehead atoms. The molecule has 1 unspecified atom stereocenters. The van der Waals surface area contributed by atoms with Crippen LogP contribution in [0.3, 0.4) is 0 Å². The average molecular weight is 396 g/mol. The van der Waals surface area contributed by atoms with Crippen LogP contribution in [0.5, 0.6) is 5.75 Å². The van der Waals surface area contributed by atoms with Gasteiger partial charge in [-0.1, -0.05) is 89.6 Å². The zero-order valence-electron chi connectivity index (χ0n) is 18.7. The standard InChI is InChI=1S/C23H27NO3.C2H6/c1-16-11-13-18(14-12-16)27-21(26)24-19(25)15-22(2,3)23(4,5)20(24)17-9-7-6-8-10-17;1-2/h6-14,20H,15H2,1-5H3;1-2H3. The maximum absolute atomic E-state index is 13.0. The molecular weight excluding hydrogens is 362 g/mol. The van der Waals surface area contributed by atoms with Gasteiger partial charge < -0.3 is 4.74 Å². The van der Waals surface area contributed by atoms with E-state index in [-0.39, 0.29) is 16.7 Å². The van der Waals surface area contributed by atoms with Gasteiger partial charge in [0.05, 0.1) is 6.04 Å². The monoisotopic (exact) mass is 395 g/mol. The number of hydrogen-bond acceptors (Lipinski definition) is 3. The molecule has 0 radical (unpaired) electrons. The van der Waals surface area contributed by atoms with Crippen LogP contribution in [0.2, 0.25) is 0 Å². The molecule has 4 heteroatoms. The Hall–Kier alpha value is -2.62. The Labute approximate surface area is 174 Å². The number of carbonyl (C=O) groups excluding carboxylic acids is 2. The molecule has 0 aromatic heterocycles. The van der Waals surface area contributed by atoms with Gasteiger partial charge in [-0.25, -0.2) is 9.69 Å². The Kier molecular flexibility index (Phi) is 6.89. The molecule has 1 aliphatic rings. The van der Waals surface area contributed by atoms with Crippen molar-refractivity contribution in [3.63, 3.8) is 0 Å². The lowest BCUT2D eigenvalue weighted by Crippen LogP contribution is -2.57. The number of benzene rings is 2. The van der Waals surface area contributed by atoms with Crippen molar-refractivity contribution in [2.24, 2.45) is 10.8 Å². The minimum atomic E-state index is -0.624. The van der Waals surface area contributed by atoms with Crippen LogP contribution in [0.4, 0.5) is 4.79 Å². The third-order valence-electron chi connectivity index (χ3n) is 6.09. The molecule has 2 aromatic rings. The van der Waals surface area contributed by atoms with E-state index in [0.717, 1.165) is 11.1 Å². The maximum atomic E-state index is 13.0. The molecule has 4 nitrogen and oxygen atoms in total. The number of likely N-dealkylation sites (tertiary alicyclic amines) is 1. The highest BCUT2D eigenvalue weighted by atomic mass is 16.6. The lowest BCUT2D eigenvalue weighted by Gasteiger charge is -2.54. The highest BCUT2D eigenvalue weighted by Crippen LogP contribution is 2.55. The van der Waals surface area contributed by atoms with Crippen LogP contribution in [0.15, 0.2) is 54.6 Å². The Morgan fingerprint density at radius 2 is 1.52 bits per heavy atom. The summed E-state index contributed by atoms with van der Waals surface area (Å²) in [6, 6.07) is 16.6. The van der Waals surface area contributed by atoms with E-state index in [1.807, 2.05) is 63.2 Å². The first-order valence-corrected chi connectivity index (χ1v) is 10.3. The van der Waals surface area contributed by atoms with Gasteiger partial charge >= 0.3 is 6.09 Å². The zero-order chi connectivity index (χ0) is 21.8. The van der Waals surface area contributed by atoms with Crippen molar-refractivity contribution in [3.8, 4) is 5.75 Å². The van der Waals surface area contributed by atoms with Gasteiger partial charge in [-0.15, -0.1) is 0 Å². The van der Waals surface area contributed by atoms with E-state index in [9.17, 15) is 9.59 Å². The Morgan fingerprint density at radius 3 is 2.07 bits per heavy atom. The molecule has 1 aliphatic heterocycles. The Bertz CT molecular complexity index is 838. The van der Waals surface area contributed by atoms with Crippen molar-refractivity contribution < 1.29 is 14.3 Å². The zero-order valence-corrected chi connectivity index (χ0v) is 18.7. The van der Waals surface area contributed by atoms with Gasteiger partial charge in [0.1, 0.15) is 5.75 Å². The highest BCUT2D eigenvalue weighted by Gasteiger charge is 2.55. The molecule has 2 amide bonds. The summed E-state index contributed by atoms with van der Waals surface area (Å²) < 4.78 is 5.56. The lowest BCUT2D eigenvalue weighted by atomic mass is 9.58. The number of amides is 2. The van der Waals surface area contributed by atoms with E-state index in [1.165, 1.54) is 4.90 Å². The van der Waals surface area contributed by atoms with Gasteiger partial charge in [-0.05, 0) is 35.4 Å². The number of ether oxygens (including phenoxy) is 1. The van der Waals surface area contributed by atoms with E-state index in [0.29, 0.717) is 12.2 Å². The summed E-state index contributed by atoms with van der Waals surface area (Å²) in [5.41, 5.74) is 1.43. The second kappa shape index (κ2) is 8.81. The first-order valence-electron chi connectivity index (χ1n) is 10.3. The summed E-state index contributed by atoms with van der Waals surface area (Å²) >= 11 is 0. The number of carbonyl (C=O) groups is 2. The van der Waals surface area contributed by atoms with E-state index in [2.05, 4.69) is 27.7 Å². The van der Waals surface area contributed by atoms with E-state index >= 15 is 0 Å². The van der Waals surface area contributed by atoms with Crippen LogP contribution in [0.1, 0.15) is 65.1 Å². The molecular formula is C25H33NO3. The molecule has 0 spiro atoms. The highest BCUT2D eigenvalue weighted by molar-refractivity contribution is 5.94. The summed E-state index contributed by atoms with van der Waals surface area (Å²) in [4.78, 5) is 27.3. The SMILES string of the molecule is CC.Cc1ccc(OC(=O)N2C(=O)CC(C)(C)C(C)(C)C2c2ccccc2)cc1. The normalized spacial score (nSPS) is 19.8. The molecule has 156 valence electrons. The molecule has 2 aromatic carbocycles. The predicted octanol–water partition coefficient (Wildman–Crippen LogP) is 6.55. The number of aryl methyl sites for hydroxylation is 1. The maximum Gasteiger partial charge on any atom is 0.422 e. The molecule has 0 aliphatic carbocycles. The van der Waals surface area contributed by atoms with Gasteiger partial charge in [0.25, 0.3) is 0 Å². The minimum absolute atomic E-state index is 0.203. The fourth-order valence-electron chi connectivity index (χ4n) is 3.69. The predicted molar refractivity (Wildman–Crippen MR) is 117 cm³/mol. The summed E-state index contributed by atoms with van der Waals surface area (Å²) in [5, 5.41) is 0. The van der Waals surface area contributed by atoms with Crippen LogP contribution in [0.25, 0.3) is 0 Å². The van der Waals surface area contributed by atoms with E-state index in [4.69, 9.17) is 4.74 Å². The van der Waals surface area contributed by atoms with Crippen molar-refractivity contribution >= 4 is 12.0 Å². The number of nitrogens with zero attached hydrogens (tertiary/aromatic N) is 1. The smallest absolute Gasteiger partial charge is 0.410 e. The number of imide groups is 1. The van der Waals surface area contributed by atoms with Crippen molar-refractivity contribution in [2.45, 2.75) is 60.9 Å².